The van der Waals surface area contributed by atoms with Crippen molar-refractivity contribution in [2.24, 2.45) is 0 Å². The zero-order valence-electron chi connectivity index (χ0n) is 10.6. The Hall–Kier alpha value is -1.81. The van der Waals surface area contributed by atoms with Crippen molar-refractivity contribution in [3.05, 3.63) is 65.0 Å². The largest absolute Gasteiger partial charge is 0.388 e. The first-order valence-electron chi connectivity index (χ1n) is 6.17. The van der Waals surface area contributed by atoms with Gasteiger partial charge in [0.2, 0.25) is 0 Å². The Bertz CT molecular complexity index is 555. The molecule has 0 aliphatic heterocycles. The van der Waals surface area contributed by atoms with E-state index in [0.29, 0.717) is 5.69 Å². The van der Waals surface area contributed by atoms with Crippen LogP contribution >= 0.6 is 0 Å². The van der Waals surface area contributed by atoms with Gasteiger partial charge in [-0.15, -0.1) is 0 Å². The molecule has 0 saturated heterocycles. The molecular formula is C15H15F2NO. The predicted molar refractivity (Wildman–Crippen MR) is 68.6 cm³/mol. The lowest BCUT2D eigenvalue weighted by Crippen LogP contribution is -2.07. The first-order valence-corrected chi connectivity index (χ1v) is 6.17. The Morgan fingerprint density at radius 1 is 1.21 bits per heavy atom. The van der Waals surface area contributed by atoms with Crippen LogP contribution in [-0.4, -0.2) is 10.1 Å². The minimum Gasteiger partial charge on any atom is -0.388 e. The summed E-state index contributed by atoms with van der Waals surface area (Å²) in [5.41, 5.74) is 1.70. The van der Waals surface area contributed by atoms with Crippen molar-refractivity contribution < 1.29 is 13.9 Å². The van der Waals surface area contributed by atoms with Crippen LogP contribution in [0.2, 0.25) is 0 Å². The zero-order chi connectivity index (χ0) is 13.8. The molecule has 1 N–H and O–H groups in total. The average Bonchev–Trinajstić information content (AvgIpc) is 2.42. The molecule has 0 amide bonds. The van der Waals surface area contributed by atoms with Crippen molar-refractivity contribution in [2.75, 3.05) is 0 Å². The van der Waals surface area contributed by atoms with Gasteiger partial charge in [0.15, 0.2) is 11.6 Å². The van der Waals surface area contributed by atoms with Gasteiger partial charge in [0, 0.05) is 23.9 Å². The normalized spacial score (nSPS) is 12.4. The molecule has 1 unspecified atom stereocenters. The van der Waals surface area contributed by atoms with E-state index in [1.165, 1.54) is 12.1 Å². The first-order chi connectivity index (χ1) is 9.11. The van der Waals surface area contributed by atoms with E-state index in [-0.39, 0.29) is 12.0 Å². The molecule has 1 heterocycles. The standard InChI is InChI=1S/C15H15F2NO/c1-2-10-6-7-11(18-9-10)8-14(19)12-4-3-5-13(16)15(12)17/h3-7,9,14,19H,2,8H2,1H3. The van der Waals surface area contributed by atoms with Crippen LogP contribution in [0.3, 0.4) is 0 Å². The highest BCUT2D eigenvalue weighted by atomic mass is 19.2. The van der Waals surface area contributed by atoms with E-state index in [0.717, 1.165) is 18.1 Å². The Balaban J connectivity index is 2.15. The molecule has 0 spiro atoms. The number of aromatic nitrogens is 1. The monoisotopic (exact) mass is 263 g/mol. The quantitative estimate of drug-likeness (QED) is 0.919. The van der Waals surface area contributed by atoms with Crippen LogP contribution in [0.1, 0.15) is 29.8 Å². The molecule has 2 aromatic rings. The van der Waals surface area contributed by atoms with Crippen LogP contribution in [0, 0.1) is 11.6 Å². The summed E-state index contributed by atoms with van der Waals surface area (Å²) in [7, 11) is 0. The molecule has 0 radical (unpaired) electrons. The Kier molecular flexibility index (Phi) is 4.22. The van der Waals surface area contributed by atoms with Crippen LogP contribution < -0.4 is 0 Å². The maximum Gasteiger partial charge on any atom is 0.164 e. The number of halogens is 2. The highest BCUT2D eigenvalue weighted by molar-refractivity contribution is 5.23. The lowest BCUT2D eigenvalue weighted by molar-refractivity contribution is 0.171. The van der Waals surface area contributed by atoms with Crippen molar-refractivity contribution in [1.82, 2.24) is 4.98 Å². The third-order valence-corrected chi connectivity index (χ3v) is 3.04. The van der Waals surface area contributed by atoms with Gasteiger partial charge < -0.3 is 5.11 Å². The SMILES string of the molecule is CCc1ccc(CC(O)c2cccc(F)c2F)nc1. The van der Waals surface area contributed by atoms with E-state index in [1.54, 1.807) is 12.3 Å². The molecule has 1 aromatic carbocycles. The van der Waals surface area contributed by atoms with Gasteiger partial charge >= 0.3 is 0 Å². The second-order valence-corrected chi connectivity index (χ2v) is 4.37. The van der Waals surface area contributed by atoms with Gasteiger partial charge in [-0.1, -0.05) is 25.1 Å². The van der Waals surface area contributed by atoms with Crippen LogP contribution in [0.15, 0.2) is 36.5 Å². The topological polar surface area (TPSA) is 33.1 Å². The summed E-state index contributed by atoms with van der Waals surface area (Å²) in [4.78, 5) is 4.19. The Labute approximate surface area is 110 Å². The smallest absolute Gasteiger partial charge is 0.164 e. The van der Waals surface area contributed by atoms with Crippen molar-refractivity contribution >= 4 is 0 Å². The molecule has 2 rings (SSSR count). The summed E-state index contributed by atoms with van der Waals surface area (Å²) in [5.74, 6) is -1.95. The van der Waals surface area contributed by atoms with E-state index in [9.17, 15) is 13.9 Å². The summed E-state index contributed by atoms with van der Waals surface area (Å²) in [6.45, 7) is 2.02. The molecule has 0 saturated carbocycles. The lowest BCUT2D eigenvalue weighted by atomic mass is 10.0. The van der Waals surface area contributed by atoms with E-state index in [4.69, 9.17) is 0 Å². The van der Waals surface area contributed by atoms with Crippen molar-refractivity contribution in [1.29, 1.82) is 0 Å². The predicted octanol–water partition coefficient (Wildman–Crippen LogP) is 3.20. The number of aryl methyl sites for hydroxylation is 1. The average molecular weight is 263 g/mol. The van der Waals surface area contributed by atoms with Gasteiger partial charge in [-0.3, -0.25) is 4.98 Å². The lowest BCUT2D eigenvalue weighted by Gasteiger charge is -2.12. The third-order valence-electron chi connectivity index (χ3n) is 3.04. The van der Waals surface area contributed by atoms with Gasteiger partial charge in [0.05, 0.1) is 6.10 Å². The molecule has 2 nitrogen and oxygen atoms in total. The number of benzene rings is 1. The summed E-state index contributed by atoms with van der Waals surface area (Å²) >= 11 is 0. The molecule has 4 heteroatoms. The maximum absolute atomic E-state index is 13.5. The number of pyridine rings is 1. The molecule has 0 aliphatic rings. The molecule has 19 heavy (non-hydrogen) atoms. The third kappa shape index (κ3) is 3.15. The minimum absolute atomic E-state index is 0.0404. The highest BCUT2D eigenvalue weighted by Gasteiger charge is 2.16. The first kappa shape index (κ1) is 13.6. The summed E-state index contributed by atoms with van der Waals surface area (Å²) in [5, 5.41) is 9.96. The minimum atomic E-state index is -1.10. The van der Waals surface area contributed by atoms with Gasteiger partial charge in [0.1, 0.15) is 0 Å². The van der Waals surface area contributed by atoms with Crippen LogP contribution in [0.25, 0.3) is 0 Å². The van der Waals surface area contributed by atoms with E-state index in [2.05, 4.69) is 4.98 Å². The molecular weight excluding hydrogens is 248 g/mol. The molecule has 1 atom stereocenters. The van der Waals surface area contributed by atoms with E-state index >= 15 is 0 Å². The van der Waals surface area contributed by atoms with Crippen molar-refractivity contribution in [2.45, 2.75) is 25.9 Å². The van der Waals surface area contributed by atoms with Crippen LogP contribution in [0.5, 0.6) is 0 Å². The molecule has 0 fully saturated rings. The summed E-state index contributed by atoms with van der Waals surface area (Å²) in [6.07, 6.45) is 1.67. The number of nitrogens with zero attached hydrogens (tertiary/aromatic N) is 1. The van der Waals surface area contributed by atoms with Crippen LogP contribution in [0.4, 0.5) is 8.78 Å². The number of rotatable bonds is 4. The zero-order valence-corrected chi connectivity index (χ0v) is 10.6. The second kappa shape index (κ2) is 5.89. The molecule has 100 valence electrons. The maximum atomic E-state index is 13.5. The van der Waals surface area contributed by atoms with E-state index in [1.807, 2.05) is 13.0 Å². The van der Waals surface area contributed by atoms with Crippen LogP contribution in [-0.2, 0) is 12.8 Å². The highest BCUT2D eigenvalue weighted by Crippen LogP contribution is 2.22. The number of hydrogen-bond donors (Lipinski definition) is 1. The van der Waals surface area contributed by atoms with Crippen molar-refractivity contribution in [3.63, 3.8) is 0 Å². The molecule has 0 aliphatic carbocycles. The Morgan fingerprint density at radius 3 is 2.63 bits per heavy atom. The molecule has 0 bridgehead atoms. The fourth-order valence-corrected chi connectivity index (χ4v) is 1.87. The Morgan fingerprint density at radius 2 is 2.00 bits per heavy atom. The molecule has 1 aromatic heterocycles. The summed E-state index contributed by atoms with van der Waals surface area (Å²) < 4.78 is 26.6. The fraction of sp³-hybridized carbons (Fsp3) is 0.267. The van der Waals surface area contributed by atoms with Gasteiger partial charge in [-0.25, -0.2) is 8.78 Å². The number of hydrogen-bond acceptors (Lipinski definition) is 2. The van der Waals surface area contributed by atoms with Gasteiger partial charge in [0.25, 0.3) is 0 Å². The fourth-order valence-electron chi connectivity index (χ4n) is 1.87. The number of aliphatic hydroxyl groups excluding tert-OH is 1. The summed E-state index contributed by atoms with van der Waals surface area (Å²) in [6, 6.07) is 7.49. The van der Waals surface area contributed by atoms with E-state index < -0.39 is 17.7 Å². The second-order valence-electron chi connectivity index (χ2n) is 4.37. The van der Waals surface area contributed by atoms with Gasteiger partial charge in [-0.05, 0) is 24.1 Å². The number of aliphatic hydroxyl groups is 1. The van der Waals surface area contributed by atoms with Crippen molar-refractivity contribution in [3.8, 4) is 0 Å². The van der Waals surface area contributed by atoms with Gasteiger partial charge in [-0.2, -0.15) is 0 Å².